The van der Waals surface area contributed by atoms with Crippen LogP contribution >= 0.6 is 11.3 Å². The maximum atomic E-state index is 4.86. The Morgan fingerprint density at radius 2 is 2.00 bits per heavy atom. The summed E-state index contributed by atoms with van der Waals surface area (Å²) in [5, 5.41) is 5.63. The van der Waals surface area contributed by atoms with Gasteiger partial charge in [0.1, 0.15) is 0 Å². The van der Waals surface area contributed by atoms with Crippen molar-refractivity contribution in [2.45, 2.75) is 53.1 Å². The van der Waals surface area contributed by atoms with Gasteiger partial charge in [0.15, 0.2) is 10.8 Å². The van der Waals surface area contributed by atoms with Gasteiger partial charge in [-0.15, -0.1) is 11.3 Å². The average molecular weight is 294 g/mol. The number of hydrogen-bond donors (Lipinski definition) is 1. The van der Waals surface area contributed by atoms with E-state index in [1.54, 1.807) is 11.3 Å². The molecule has 0 spiro atoms. The van der Waals surface area contributed by atoms with Crippen molar-refractivity contribution >= 4 is 22.1 Å². The number of rotatable bonds is 8. The van der Waals surface area contributed by atoms with E-state index in [1.165, 1.54) is 5.69 Å². The first-order chi connectivity index (χ1) is 9.67. The predicted octanol–water partition coefficient (Wildman–Crippen LogP) is 3.52. The molecule has 0 atom stereocenters. The first-order valence-corrected chi connectivity index (χ1v) is 8.48. The van der Waals surface area contributed by atoms with Crippen molar-refractivity contribution in [2.24, 2.45) is 0 Å². The SMILES string of the molecule is CCCN(CCC)c1nc2sccn2c1CNC(C)C. The minimum absolute atomic E-state index is 0.484. The molecule has 0 aromatic carbocycles. The van der Waals surface area contributed by atoms with Crippen LogP contribution < -0.4 is 10.2 Å². The molecule has 2 heterocycles. The topological polar surface area (TPSA) is 32.6 Å². The highest BCUT2D eigenvalue weighted by molar-refractivity contribution is 7.15. The molecule has 2 aromatic rings. The van der Waals surface area contributed by atoms with Gasteiger partial charge in [0, 0.05) is 37.3 Å². The molecule has 1 N–H and O–H groups in total. The van der Waals surface area contributed by atoms with Crippen LogP contribution in [0.3, 0.4) is 0 Å². The molecule has 0 unspecified atom stereocenters. The fraction of sp³-hybridized carbons (Fsp3) is 0.667. The van der Waals surface area contributed by atoms with Crippen LogP contribution in [0.2, 0.25) is 0 Å². The van der Waals surface area contributed by atoms with Crippen LogP contribution in [0.1, 0.15) is 46.2 Å². The molecule has 0 aliphatic heterocycles. The second-order valence-electron chi connectivity index (χ2n) is 5.46. The number of nitrogens with one attached hydrogen (secondary N) is 1. The van der Waals surface area contributed by atoms with Gasteiger partial charge >= 0.3 is 0 Å². The lowest BCUT2D eigenvalue weighted by Crippen LogP contribution is -2.29. The first kappa shape index (κ1) is 15.3. The summed E-state index contributed by atoms with van der Waals surface area (Å²) < 4.78 is 2.23. The molecular formula is C15H26N4S. The molecule has 0 amide bonds. The molecule has 0 aliphatic carbocycles. The smallest absolute Gasteiger partial charge is 0.195 e. The summed E-state index contributed by atoms with van der Waals surface area (Å²) in [6.07, 6.45) is 4.44. The minimum Gasteiger partial charge on any atom is -0.355 e. The lowest BCUT2D eigenvalue weighted by atomic mass is 10.3. The van der Waals surface area contributed by atoms with Crippen molar-refractivity contribution < 1.29 is 0 Å². The van der Waals surface area contributed by atoms with Crippen LogP contribution in [-0.4, -0.2) is 28.5 Å². The number of nitrogens with zero attached hydrogens (tertiary/aromatic N) is 3. The lowest BCUT2D eigenvalue weighted by Gasteiger charge is -2.23. The molecule has 5 heteroatoms. The van der Waals surface area contributed by atoms with Gasteiger partial charge in [0.25, 0.3) is 0 Å². The van der Waals surface area contributed by atoms with E-state index in [4.69, 9.17) is 4.98 Å². The molecule has 0 aliphatic rings. The van der Waals surface area contributed by atoms with Crippen LogP contribution in [0.15, 0.2) is 11.6 Å². The molecule has 20 heavy (non-hydrogen) atoms. The Morgan fingerprint density at radius 3 is 2.60 bits per heavy atom. The third-order valence-corrected chi connectivity index (χ3v) is 4.06. The summed E-state index contributed by atoms with van der Waals surface area (Å²) in [6, 6.07) is 0.484. The maximum absolute atomic E-state index is 4.86. The number of fused-ring (bicyclic) bond motifs is 1. The highest BCUT2D eigenvalue weighted by Crippen LogP contribution is 2.25. The molecule has 0 saturated heterocycles. The van der Waals surface area contributed by atoms with E-state index in [2.05, 4.69) is 53.9 Å². The van der Waals surface area contributed by atoms with E-state index < -0.39 is 0 Å². The van der Waals surface area contributed by atoms with Gasteiger partial charge < -0.3 is 10.2 Å². The number of aromatic nitrogens is 2. The van der Waals surface area contributed by atoms with Crippen LogP contribution in [0, 0.1) is 0 Å². The average Bonchev–Trinajstić information content (AvgIpc) is 2.96. The number of anilines is 1. The standard InChI is InChI=1S/C15H26N4S/c1-5-7-18(8-6-2)14-13(11-16-12(3)4)19-9-10-20-15(19)17-14/h9-10,12,16H,5-8,11H2,1-4H3. The fourth-order valence-corrected chi connectivity index (χ4v) is 3.13. The van der Waals surface area contributed by atoms with Crippen molar-refractivity contribution in [1.82, 2.24) is 14.7 Å². The zero-order valence-electron chi connectivity index (χ0n) is 13.0. The fourth-order valence-electron chi connectivity index (χ4n) is 2.40. The monoisotopic (exact) mass is 294 g/mol. The van der Waals surface area contributed by atoms with Crippen molar-refractivity contribution in [3.8, 4) is 0 Å². The molecule has 2 rings (SSSR count). The van der Waals surface area contributed by atoms with E-state index in [1.807, 2.05) is 0 Å². The van der Waals surface area contributed by atoms with Gasteiger partial charge in [-0.05, 0) is 12.8 Å². The molecule has 4 nitrogen and oxygen atoms in total. The van der Waals surface area contributed by atoms with E-state index in [-0.39, 0.29) is 0 Å². The quantitative estimate of drug-likeness (QED) is 0.808. The number of imidazole rings is 1. The Labute approximate surface area is 125 Å². The molecule has 2 aromatic heterocycles. The van der Waals surface area contributed by atoms with Crippen LogP contribution in [0.5, 0.6) is 0 Å². The highest BCUT2D eigenvalue weighted by Gasteiger charge is 2.18. The van der Waals surface area contributed by atoms with Crippen LogP contribution in [-0.2, 0) is 6.54 Å². The second kappa shape index (κ2) is 7.09. The predicted molar refractivity (Wildman–Crippen MR) is 87.8 cm³/mol. The zero-order chi connectivity index (χ0) is 14.5. The van der Waals surface area contributed by atoms with Gasteiger partial charge in [-0.3, -0.25) is 4.40 Å². The van der Waals surface area contributed by atoms with Crippen molar-refractivity contribution in [3.63, 3.8) is 0 Å². The van der Waals surface area contributed by atoms with E-state index in [9.17, 15) is 0 Å². The molecule has 112 valence electrons. The van der Waals surface area contributed by atoms with Crippen LogP contribution in [0.25, 0.3) is 4.96 Å². The van der Waals surface area contributed by atoms with Crippen LogP contribution in [0.4, 0.5) is 5.82 Å². The zero-order valence-corrected chi connectivity index (χ0v) is 13.8. The maximum Gasteiger partial charge on any atom is 0.195 e. The Kier molecular flexibility index (Phi) is 5.43. The van der Waals surface area contributed by atoms with Gasteiger partial charge in [0.2, 0.25) is 0 Å². The Bertz CT molecular complexity index is 523. The molecular weight excluding hydrogens is 268 g/mol. The molecule has 0 saturated carbocycles. The summed E-state index contributed by atoms with van der Waals surface area (Å²) >= 11 is 1.71. The number of hydrogen-bond acceptors (Lipinski definition) is 4. The Morgan fingerprint density at radius 1 is 1.30 bits per heavy atom. The third-order valence-electron chi connectivity index (χ3n) is 3.30. The van der Waals surface area contributed by atoms with Gasteiger partial charge in [0.05, 0.1) is 5.69 Å². The van der Waals surface area contributed by atoms with Crippen molar-refractivity contribution in [2.75, 3.05) is 18.0 Å². The van der Waals surface area contributed by atoms with E-state index in [0.717, 1.165) is 43.3 Å². The van der Waals surface area contributed by atoms with Crippen molar-refractivity contribution in [3.05, 3.63) is 17.3 Å². The van der Waals surface area contributed by atoms with E-state index >= 15 is 0 Å². The minimum atomic E-state index is 0.484. The Hall–Kier alpha value is -1.07. The highest BCUT2D eigenvalue weighted by atomic mass is 32.1. The molecule has 0 radical (unpaired) electrons. The van der Waals surface area contributed by atoms with Gasteiger partial charge in [-0.2, -0.15) is 0 Å². The molecule has 0 bridgehead atoms. The summed E-state index contributed by atoms with van der Waals surface area (Å²) in [5.41, 5.74) is 1.29. The van der Waals surface area contributed by atoms with E-state index in [0.29, 0.717) is 6.04 Å². The summed E-state index contributed by atoms with van der Waals surface area (Å²) in [4.78, 5) is 8.38. The largest absolute Gasteiger partial charge is 0.355 e. The molecule has 0 fully saturated rings. The number of thiazole rings is 1. The first-order valence-electron chi connectivity index (χ1n) is 7.60. The normalized spacial score (nSPS) is 11.7. The third kappa shape index (κ3) is 3.33. The summed E-state index contributed by atoms with van der Waals surface area (Å²) in [6.45, 7) is 11.8. The lowest BCUT2D eigenvalue weighted by molar-refractivity contribution is 0.577. The van der Waals surface area contributed by atoms with Crippen molar-refractivity contribution in [1.29, 1.82) is 0 Å². The summed E-state index contributed by atoms with van der Waals surface area (Å²) in [7, 11) is 0. The van der Waals surface area contributed by atoms with Gasteiger partial charge in [-0.1, -0.05) is 27.7 Å². The summed E-state index contributed by atoms with van der Waals surface area (Å²) in [5.74, 6) is 1.16. The second-order valence-corrected chi connectivity index (χ2v) is 6.33. The Balaban J connectivity index is 2.33. The van der Waals surface area contributed by atoms with Gasteiger partial charge in [-0.25, -0.2) is 4.98 Å².